The molecule has 3 aliphatic heterocycles. The molecule has 3 aliphatic rings. The summed E-state index contributed by atoms with van der Waals surface area (Å²) in [6.45, 7) is 7.91. The third kappa shape index (κ3) is 3.95. The second kappa shape index (κ2) is 6.55. The van der Waals surface area contributed by atoms with E-state index in [1.807, 2.05) is 43.1 Å². The second-order valence-corrected chi connectivity index (χ2v) is 7.70. The Bertz CT molecular complexity index is 596. The molecule has 24 heavy (non-hydrogen) atoms. The molecule has 0 bridgehead atoms. The Balaban J connectivity index is 1.58. The van der Waals surface area contributed by atoms with Crippen LogP contribution >= 0.6 is 11.8 Å². The number of rotatable bonds is 2. The summed E-state index contributed by atoms with van der Waals surface area (Å²) in [4.78, 5) is 18.4. The molecular formula is C16H24ClN5O2. The highest BCUT2D eigenvalue weighted by Gasteiger charge is 2.31. The summed E-state index contributed by atoms with van der Waals surface area (Å²) < 4.78 is 6.91. The van der Waals surface area contributed by atoms with Gasteiger partial charge < -0.3 is 15.1 Å². The highest BCUT2D eigenvalue weighted by atomic mass is 35.5. The molecule has 1 amide bonds. The van der Waals surface area contributed by atoms with Crippen molar-refractivity contribution in [3.8, 4) is 0 Å². The molecule has 1 atom stereocenters. The summed E-state index contributed by atoms with van der Waals surface area (Å²) in [5.41, 5.74) is 4.57. The van der Waals surface area contributed by atoms with Crippen molar-refractivity contribution in [2.45, 2.75) is 39.2 Å². The highest BCUT2D eigenvalue weighted by Crippen LogP contribution is 2.27. The van der Waals surface area contributed by atoms with Gasteiger partial charge in [0.05, 0.1) is 6.20 Å². The lowest BCUT2D eigenvalue weighted by atomic mass is 9.98. The Kier molecular flexibility index (Phi) is 4.62. The molecule has 0 aliphatic carbocycles. The van der Waals surface area contributed by atoms with E-state index in [-0.39, 0.29) is 6.09 Å². The van der Waals surface area contributed by atoms with E-state index in [9.17, 15) is 4.79 Å². The molecule has 0 aromatic rings. The Morgan fingerprint density at radius 2 is 2.29 bits per heavy atom. The van der Waals surface area contributed by atoms with E-state index >= 15 is 0 Å². The van der Waals surface area contributed by atoms with Crippen molar-refractivity contribution in [2.75, 3.05) is 19.6 Å². The maximum atomic E-state index is 12.3. The number of carbonyl (C=O) groups is 1. The standard InChI is InChI=1S/C16H24ClN5O2/c1-16(2,3)24-15(23)20-6-4-5-12(8-20)9-22-14-10-21(17)11-18-13(14)7-19-22/h7,10-12,19H,4-6,8-9H2,1-3H3. The quantitative estimate of drug-likeness (QED) is 0.773. The molecule has 3 heterocycles. The number of likely N-dealkylation sites (tertiary alicyclic amines) is 1. The van der Waals surface area contributed by atoms with Gasteiger partial charge in [-0.1, -0.05) is 0 Å². The number of ether oxygens (including phenoxy) is 1. The van der Waals surface area contributed by atoms with Gasteiger partial charge in [0.1, 0.15) is 23.3 Å². The van der Waals surface area contributed by atoms with Gasteiger partial charge in [-0.25, -0.2) is 14.2 Å². The number of halogens is 1. The lowest BCUT2D eigenvalue weighted by Gasteiger charge is -2.36. The summed E-state index contributed by atoms with van der Waals surface area (Å²) >= 11 is 5.97. The summed E-state index contributed by atoms with van der Waals surface area (Å²) in [5.74, 6) is 0.363. The van der Waals surface area contributed by atoms with Gasteiger partial charge in [0, 0.05) is 37.6 Å². The maximum absolute atomic E-state index is 12.3. The van der Waals surface area contributed by atoms with E-state index in [0.29, 0.717) is 12.5 Å². The van der Waals surface area contributed by atoms with E-state index in [1.54, 1.807) is 6.34 Å². The van der Waals surface area contributed by atoms with E-state index in [4.69, 9.17) is 16.5 Å². The number of hydrogen-bond acceptors (Lipinski definition) is 6. The van der Waals surface area contributed by atoms with E-state index in [0.717, 1.165) is 37.3 Å². The molecule has 0 saturated carbocycles. The van der Waals surface area contributed by atoms with Crippen LogP contribution in [0, 0.1) is 5.92 Å². The van der Waals surface area contributed by atoms with Gasteiger partial charge in [0.15, 0.2) is 0 Å². The number of piperidine rings is 1. The van der Waals surface area contributed by atoms with Crippen LogP contribution in [-0.2, 0) is 4.74 Å². The minimum absolute atomic E-state index is 0.228. The summed E-state index contributed by atoms with van der Waals surface area (Å²) in [5, 5.41) is 2.03. The van der Waals surface area contributed by atoms with Crippen molar-refractivity contribution in [3.05, 3.63) is 23.8 Å². The normalized spacial score (nSPS) is 23.5. The van der Waals surface area contributed by atoms with Crippen LogP contribution in [0.3, 0.4) is 0 Å². The first kappa shape index (κ1) is 17.0. The summed E-state index contributed by atoms with van der Waals surface area (Å²) in [6, 6.07) is 0. The molecule has 0 aromatic heterocycles. The molecule has 8 heteroatoms. The fourth-order valence-corrected chi connectivity index (χ4v) is 3.18. The predicted octanol–water partition coefficient (Wildman–Crippen LogP) is 2.63. The van der Waals surface area contributed by atoms with Crippen LogP contribution in [-0.4, -0.2) is 52.0 Å². The Hall–Kier alpha value is -1.89. The number of hydrogen-bond donors (Lipinski definition) is 1. The fourth-order valence-electron chi connectivity index (χ4n) is 3.04. The molecule has 132 valence electrons. The van der Waals surface area contributed by atoms with E-state index in [1.165, 1.54) is 4.42 Å². The van der Waals surface area contributed by atoms with Gasteiger partial charge >= 0.3 is 6.09 Å². The minimum Gasteiger partial charge on any atom is -0.444 e. The Labute approximate surface area is 147 Å². The van der Waals surface area contributed by atoms with Crippen molar-refractivity contribution in [2.24, 2.45) is 10.9 Å². The van der Waals surface area contributed by atoms with Gasteiger partial charge in [-0.3, -0.25) is 5.01 Å². The van der Waals surface area contributed by atoms with E-state index < -0.39 is 5.60 Å². The van der Waals surface area contributed by atoms with Crippen LogP contribution in [0.15, 0.2) is 28.8 Å². The molecule has 1 N–H and O–H groups in total. The zero-order valence-electron chi connectivity index (χ0n) is 14.3. The summed E-state index contributed by atoms with van der Waals surface area (Å²) in [7, 11) is 0. The lowest BCUT2D eigenvalue weighted by molar-refractivity contribution is 0.0147. The van der Waals surface area contributed by atoms with Crippen LogP contribution in [0.4, 0.5) is 4.79 Å². The number of hydrazine groups is 1. The second-order valence-electron chi connectivity index (χ2n) is 7.31. The first-order valence-corrected chi connectivity index (χ1v) is 8.58. The average molecular weight is 354 g/mol. The van der Waals surface area contributed by atoms with Crippen molar-refractivity contribution in [1.82, 2.24) is 19.8 Å². The molecule has 0 aromatic carbocycles. The molecule has 3 rings (SSSR count). The predicted molar refractivity (Wildman–Crippen MR) is 92.7 cm³/mol. The third-order valence-electron chi connectivity index (χ3n) is 4.07. The molecule has 1 unspecified atom stereocenters. The molecule has 0 spiro atoms. The molecule has 0 radical (unpaired) electrons. The minimum atomic E-state index is -0.464. The SMILES string of the molecule is CC(C)(C)OC(=O)N1CCCC(CN2NC=C3N=CN(Cl)C=C32)C1. The van der Waals surface area contributed by atoms with Crippen molar-refractivity contribution >= 4 is 24.2 Å². The van der Waals surface area contributed by atoms with Crippen molar-refractivity contribution in [3.63, 3.8) is 0 Å². The number of fused-ring (bicyclic) bond motifs is 1. The van der Waals surface area contributed by atoms with Gasteiger partial charge in [-0.2, -0.15) is 0 Å². The molecule has 1 saturated heterocycles. The van der Waals surface area contributed by atoms with Gasteiger partial charge in [0.25, 0.3) is 0 Å². The maximum Gasteiger partial charge on any atom is 0.410 e. The van der Waals surface area contributed by atoms with Crippen LogP contribution in [0.2, 0.25) is 0 Å². The van der Waals surface area contributed by atoms with Crippen molar-refractivity contribution in [1.29, 1.82) is 0 Å². The Morgan fingerprint density at radius 1 is 1.50 bits per heavy atom. The number of aliphatic imine (C=N–C) groups is 1. The Morgan fingerprint density at radius 3 is 3.04 bits per heavy atom. The third-order valence-corrected chi connectivity index (χ3v) is 4.26. The molecule has 1 fully saturated rings. The van der Waals surface area contributed by atoms with E-state index in [2.05, 4.69) is 10.4 Å². The van der Waals surface area contributed by atoms with Crippen molar-refractivity contribution < 1.29 is 9.53 Å². The smallest absolute Gasteiger partial charge is 0.410 e. The zero-order valence-corrected chi connectivity index (χ0v) is 15.1. The lowest BCUT2D eigenvalue weighted by Crippen LogP contribution is -2.46. The first-order valence-electron chi connectivity index (χ1n) is 8.24. The first-order chi connectivity index (χ1) is 11.3. The van der Waals surface area contributed by atoms with Gasteiger partial charge in [0.2, 0.25) is 0 Å². The number of nitrogens with one attached hydrogen (secondary N) is 1. The van der Waals surface area contributed by atoms with Crippen LogP contribution < -0.4 is 5.43 Å². The summed E-state index contributed by atoms with van der Waals surface area (Å²) in [6.07, 6.45) is 7.08. The van der Waals surface area contributed by atoms with Crippen LogP contribution in [0.5, 0.6) is 0 Å². The fraction of sp³-hybridized carbons (Fsp3) is 0.625. The van der Waals surface area contributed by atoms with Gasteiger partial charge in [-0.05, 0) is 39.5 Å². The number of nitrogens with zero attached hydrogens (tertiary/aromatic N) is 4. The zero-order chi connectivity index (χ0) is 17.3. The molecular weight excluding hydrogens is 330 g/mol. The topological polar surface area (TPSA) is 60.4 Å². The van der Waals surface area contributed by atoms with Crippen LogP contribution in [0.25, 0.3) is 0 Å². The average Bonchev–Trinajstić information content (AvgIpc) is 2.88. The monoisotopic (exact) mass is 353 g/mol. The van der Waals surface area contributed by atoms with Crippen LogP contribution in [0.1, 0.15) is 33.6 Å². The molecule has 7 nitrogen and oxygen atoms in total. The number of carbonyl (C=O) groups excluding carboxylic acids is 1. The largest absolute Gasteiger partial charge is 0.444 e. The van der Waals surface area contributed by atoms with Gasteiger partial charge in [-0.15, -0.1) is 0 Å². The highest BCUT2D eigenvalue weighted by molar-refractivity contribution is 6.19. The number of amides is 1.